The minimum Gasteiger partial charge on any atom is -0.366 e. The molecule has 4 amide bonds. The number of carbonyl (C=O) groups is 3. The number of halogens is 1. The largest absolute Gasteiger partial charge is 0.366 e. The minimum atomic E-state index is -0.835. The third-order valence-corrected chi connectivity index (χ3v) is 6.61. The second-order valence-corrected chi connectivity index (χ2v) is 9.80. The summed E-state index contributed by atoms with van der Waals surface area (Å²) in [5.41, 5.74) is 2.79. The fraction of sp³-hybridized carbons (Fsp3) is 0.370. The van der Waals surface area contributed by atoms with Gasteiger partial charge in [-0.1, -0.05) is 26.0 Å². The molecule has 4 rings (SSSR count). The molecule has 0 saturated carbocycles. The minimum absolute atomic E-state index is 0.108. The maximum Gasteiger partial charge on any atom is 0.335 e. The number of rotatable bonds is 4. The number of amides is 4. The van der Waals surface area contributed by atoms with E-state index in [0.29, 0.717) is 5.69 Å². The molecule has 1 atom stereocenters. The molecule has 0 radical (unpaired) electrons. The van der Waals surface area contributed by atoms with E-state index in [1.165, 1.54) is 12.1 Å². The zero-order chi connectivity index (χ0) is 24.8. The molecule has 1 saturated heterocycles. The first kappa shape index (κ1) is 23.7. The molecule has 7 heteroatoms. The molecular weight excluding hydrogens is 433 g/mol. The van der Waals surface area contributed by atoms with E-state index in [1.807, 2.05) is 13.0 Å². The van der Waals surface area contributed by atoms with Crippen LogP contribution in [0.4, 0.5) is 20.6 Å². The number of carbonyl (C=O) groups excluding carboxylic acids is 3. The van der Waals surface area contributed by atoms with Gasteiger partial charge >= 0.3 is 6.03 Å². The zero-order valence-corrected chi connectivity index (χ0v) is 20.2. The van der Waals surface area contributed by atoms with Crippen LogP contribution < -0.4 is 15.1 Å². The van der Waals surface area contributed by atoms with E-state index in [0.717, 1.165) is 41.1 Å². The predicted octanol–water partition coefficient (Wildman–Crippen LogP) is 5.30. The Morgan fingerprint density at radius 3 is 2.59 bits per heavy atom. The summed E-state index contributed by atoms with van der Waals surface area (Å²) in [5.74, 6) is -1.95. The summed E-state index contributed by atoms with van der Waals surface area (Å²) in [6, 6.07) is 9.26. The van der Waals surface area contributed by atoms with Gasteiger partial charge in [-0.05, 0) is 81.0 Å². The number of imide groups is 2. The molecule has 1 unspecified atom stereocenters. The predicted molar refractivity (Wildman–Crippen MR) is 131 cm³/mol. The van der Waals surface area contributed by atoms with Gasteiger partial charge in [0.15, 0.2) is 0 Å². The van der Waals surface area contributed by atoms with Gasteiger partial charge in [-0.2, -0.15) is 0 Å². The second-order valence-electron chi connectivity index (χ2n) is 9.80. The van der Waals surface area contributed by atoms with Crippen molar-refractivity contribution >= 4 is 35.3 Å². The Morgan fingerprint density at radius 1 is 1.18 bits per heavy atom. The van der Waals surface area contributed by atoms with E-state index in [-0.39, 0.29) is 22.6 Å². The van der Waals surface area contributed by atoms with Crippen molar-refractivity contribution in [3.63, 3.8) is 0 Å². The highest BCUT2D eigenvalue weighted by Crippen LogP contribution is 2.44. The Balaban J connectivity index is 1.78. The number of aryl methyl sites for hydroxylation is 1. The van der Waals surface area contributed by atoms with Gasteiger partial charge in [-0.3, -0.25) is 14.9 Å². The second kappa shape index (κ2) is 8.70. The van der Waals surface area contributed by atoms with Gasteiger partial charge < -0.3 is 4.90 Å². The van der Waals surface area contributed by atoms with Gasteiger partial charge in [-0.15, -0.1) is 0 Å². The van der Waals surface area contributed by atoms with E-state index < -0.39 is 23.7 Å². The smallest absolute Gasteiger partial charge is 0.335 e. The first-order valence-corrected chi connectivity index (χ1v) is 11.6. The fourth-order valence-corrected chi connectivity index (χ4v) is 5.09. The molecule has 1 N–H and O–H groups in total. The Morgan fingerprint density at radius 2 is 1.91 bits per heavy atom. The zero-order valence-electron chi connectivity index (χ0n) is 20.2. The summed E-state index contributed by atoms with van der Waals surface area (Å²) in [6.45, 7) is 11.2. The van der Waals surface area contributed by atoms with Gasteiger partial charge in [0.1, 0.15) is 11.4 Å². The van der Waals surface area contributed by atoms with Crippen LogP contribution in [-0.2, 0) is 9.59 Å². The Kier molecular flexibility index (Phi) is 6.06. The monoisotopic (exact) mass is 463 g/mol. The fourth-order valence-electron chi connectivity index (χ4n) is 5.09. The molecular formula is C27H30FN3O3. The molecule has 2 aromatic rings. The van der Waals surface area contributed by atoms with Crippen molar-refractivity contribution in [1.82, 2.24) is 5.32 Å². The molecule has 34 heavy (non-hydrogen) atoms. The highest BCUT2D eigenvalue weighted by molar-refractivity contribution is 6.39. The number of nitrogens with one attached hydrogen (secondary N) is 1. The quantitative estimate of drug-likeness (QED) is 0.493. The van der Waals surface area contributed by atoms with Gasteiger partial charge in [0, 0.05) is 23.3 Å². The number of hydrogen-bond donors (Lipinski definition) is 1. The lowest BCUT2D eigenvalue weighted by atomic mass is 9.79. The van der Waals surface area contributed by atoms with E-state index in [4.69, 9.17) is 0 Å². The van der Waals surface area contributed by atoms with Crippen LogP contribution in [-0.4, -0.2) is 29.9 Å². The van der Waals surface area contributed by atoms with Crippen molar-refractivity contribution in [3.8, 4) is 0 Å². The molecule has 2 aromatic carbocycles. The molecule has 0 aliphatic carbocycles. The lowest BCUT2D eigenvalue weighted by molar-refractivity contribution is -0.122. The summed E-state index contributed by atoms with van der Waals surface area (Å²) < 4.78 is 15.3. The summed E-state index contributed by atoms with van der Waals surface area (Å²) in [6.07, 6.45) is 3.08. The molecule has 1 fully saturated rings. The SMILES string of the molecule is CCCN1c2cc(F)c(/C=C3/C(=O)NC(=O)N(c4cccc(C)c4)C3=O)cc2C(C)CC1(C)C. The lowest BCUT2D eigenvalue weighted by Gasteiger charge is -2.47. The third-order valence-electron chi connectivity index (χ3n) is 6.61. The number of fused-ring (bicyclic) bond motifs is 1. The summed E-state index contributed by atoms with van der Waals surface area (Å²) in [7, 11) is 0. The summed E-state index contributed by atoms with van der Waals surface area (Å²) in [4.78, 5) is 41.4. The number of barbiturate groups is 1. The molecule has 2 heterocycles. The number of urea groups is 1. The molecule has 0 aromatic heterocycles. The number of nitrogens with zero attached hydrogens (tertiary/aromatic N) is 2. The van der Waals surface area contributed by atoms with Crippen molar-refractivity contribution in [1.29, 1.82) is 0 Å². The summed E-state index contributed by atoms with van der Waals surface area (Å²) >= 11 is 0. The van der Waals surface area contributed by atoms with Crippen LogP contribution in [0.25, 0.3) is 6.08 Å². The van der Waals surface area contributed by atoms with Crippen LogP contribution in [0.5, 0.6) is 0 Å². The van der Waals surface area contributed by atoms with Gasteiger partial charge in [-0.25, -0.2) is 14.1 Å². The normalized spacial score (nSPS) is 21.1. The Bertz CT molecular complexity index is 1220. The highest BCUT2D eigenvalue weighted by atomic mass is 19.1. The molecule has 0 spiro atoms. The van der Waals surface area contributed by atoms with Crippen molar-refractivity contribution in [2.24, 2.45) is 0 Å². The number of hydrogen-bond acceptors (Lipinski definition) is 4. The van der Waals surface area contributed by atoms with Crippen LogP contribution in [0.15, 0.2) is 42.0 Å². The van der Waals surface area contributed by atoms with Gasteiger partial charge in [0.05, 0.1) is 5.69 Å². The van der Waals surface area contributed by atoms with Crippen molar-refractivity contribution in [3.05, 3.63) is 64.5 Å². The molecule has 6 nitrogen and oxygen atoms in total. The van der Waals surface area contributed by atoms with Gasteiger partial charge in [0.2, 0.25) is 0 Å². The topological polar surface area (TPSA) is 69.7 Å². The molecule has 2 aliphatic rings. The average molecular weight is 464 g/mol. The van der Waals surface area contributed by atoms with Crippen molar-refractivity contribution in [2.75, 3.05) is 16.3 Å². The van der Waals surface area contributed by atoms with Crippen LogP contribution in [0, 0.1) is 12.7 Å². The first-order valence-electron chi connectivity index (χ1n) is 11.6. The Labute approximate surface area is 199 Å². The number of benzene rings is 2. The summed E-state index contributed by atoms with van der Waals surface area (Å²) in [5, 5.41) is 2.20. The van der Waals surface area contributed by atoms with E-state index in [9.17, 15) is 14.4 Å². The lowest BCUT2D eigenvalue weighted by Crippen LogP contribution is -2.54. The van der Waals surface area contributed by atoms with Crippen LogP contribution in [0.2, 0.25) is 0 Å². The van der Waals surface area contributed by atoms with Gasteiger partial charge in [0.25, 0.3) is 11.8 Å². The average Bonchev–Trinajstić information content (AvgIpc) is 2.74. The van der Waals surface area contributed by atoms with Crippen molar-refractivity contribution in [2.45, 2.75) is 58.9 Å². The molecule has 2 aliphatic heterocycles. The van der Waals surface area contributed by atoms with Crippen LogP contribution in [0.1, 0.15) is 63.1 Å². The maximum atomic E-state index is 15.3. The van der Waals surface area contributed by atoms with Crippen LogP contribution in [0.3, 0.4) is 0 Å². The molecule has 178 valence electrons. The van der Waals surface area contributed by atoms with Crippen LogP contribution >= 0.6 is 0 Å². The first-order chi connectivity index (χ1) is 16.0. The Hall–Kier alpha value is -3.48. The highest BCUT2D eigenvalue weighted by Gasteiger charge is 2.39. The number of anilines is 2. The standard InChI is InChI=1S/C27H30FN3O3/c1-6-10-30-23-14-22(28)18(12-20(23)17(3)15-27(30,4)5)13-21-24(32)29-26(34)31(25(21)33)19-9-7-8-16(2)11-19/h7-9,11-14,17H,6,10,15H2,1-5H3,(H,29,32,34)/b21-13-. The van der Waals surface area contributed by atoms with E-state index >= 15 is 4.39 Å². The third kappa shape index (κ3) is 4.11. The van der Waals surface area contributed by atoms with E-state index in [1.54, 1.807) is 24.3 Å². The van der Waals surface area contributed by atoms with E-state index in [2.05, 4.69) is 37.9 Å². The maximum absolute atomic E-state index is 15.3. The molecule has 0 bridgehead atoms. The van der Waals surface area contributed by atoms with Crippen molar-refractivity contribution < 1.29 is 18.8 Å².